The van der Waals surface area contributed by atoms with Crippen molar-refractivity contribution in [1.29, 1.82) is 0 Å². The number of nitrogens with zero attached hydrogens (tertiary/aromatic N) is 2. The summed E-state index contributed by atoms with van der Waals surface area (Å²) in [4.78, 5) is 37.7. The Morgan fingerprint density at radius 1 is 1.19 bits per heavy atom. The summed E-state index contributed by atoms with van der Waals surface area (Å²) in [6.07, 6.45) is 1.45. The van der Waals surface area contributed by atoms with Gasteiger partial charge in [0.1, 0.15) is 11.8 Å². The van der Waals surface area contributed by atoms with Gasteiger partial charge in [-0.05, 0) is 49.4 Å². The number of sulfonamides is 1. The van der Waals surface area contributed by atoms with Gasteiger partial charge < -0.3 is 20.1 Å². The van der Waals surface area contributed by atoms with E-state index >= 15 is 0 Å². The van der Waals surface area contributed by atoms with Crippen LogP contribution in [0.5, 0.6) is 5.75 Å². The Labute approximate surface area is 211 Å². The van der Waals surface area contributed by atoms with Gasteiger partial charge in [-0.3, -0.25) is 14.8 Å². The van der Waals surface area contributed by atoms with Crippen LogP contribution in [0.25, 0.3) is 0 Å². The molecule has 3 amide bonds. The molecule has 1 saturated heterocycles. The molecule has 12 nitrogen and oxygen atoms in total. The lowest BCUT2D eigenvalue weighted by atomic mass is 9.96. The van der Waals surface area contributed by atoms with Gasteiger partial charge in [-0.15, -0.1) is 0 Å². The third-order valence-electron chi connectivity index (χ3n) is 6.31. The van der Waals surface area contributed by atoms with E-state index in [1.165, 1.54) is 31.4 Å². The summed E-state index contributed by atoms with van der Waals surface area (Å²) in [7, 11) is -2.73. The summed E-state index contributed by atoms with van der Waals surface area (Å²) < 4.78 is 33.2. The van der Waals surface area contributed by atoms with E-state index in [-0.39, 0.29) is 36.1 Å². The highest BCUT2D eigenvalue weighted by Crippen LogP contribution is 2.24. The van der Waals surface area contributed by atoms with Crippen molar-refractivity contribution < 1.29 is 37.9 Å². The van der Waals surface area contributed by atoms with Crippen molar-refractivity contribution in [2.45, 2.75) is 56.4 Å². The summed E-state index contributed by atoms with van der Waals surface area (Å²) in [5, 5.41) is 20.4. The molecule has 13 heteroatoms. The molecule has 1 aromatic carbocycles. The summed E-state index contributed by atoms with van der Waals surface area (Å²) in [5.41, 5.74) is 1.56. The number of rotatable bonds is 13. The van der Waals surface area contributed by atoms with Gasteiger partial charge in [-0.25, -0.2) is 18.7 Å². The van der Waals surface area contributed by atoms with Crippen LogP contribution in [0.3, 0.4) is 0 Å². The Bertz CT molecular complexity index is 978. The molecule has 1 aromatic rings. The molecule has 202 valence electrons. The largest absolute Gasteiger partial charge is 0.497 e. The molecule has 1 fully saturated rings. The van der Waals surface area contributed by atoms with Gasteiger partial charge in [0.05, 0.1) is 12.0 Å². The van der Waals surface area contributed by atoms with E-state index in [1.807, 2.05) is 6.92 Å². The number of methoxy groups -OCH3 is 1. The number of carbonyl (C=O) groups is 3. The van der Waals surface area contributed by atoms with Crippen molar-refractivity contribution in [3.8, 4) is 5.75 Å². The highest BCUT2D eigenvalue weighted by Gasteiger charge is 2.36. The number of nitrogens with one attached hydrogen (secondary N) is 2. The number of piperidine rings is 1. The molecule has 1 atom stereocenters. The van der Waals surface area contributed by atoms with Gasteiger partial charge in [0.25, 0.3) is 5.91 Å². The predicted molar refractivity (Wildman–Crippen MR) is 130 cm³/mol. The van der Waals surface area contributed by atoms with Crippen molar-refractivity contribution >= 4 is 27.9 Å². The lowest BCUT2D eigenvalue weighted by molar-refractivity contribution is -0.135. The third-order valence-corrected chi connectivity index (χ3v) is 8.24. The number of hydrogen-bond donors (Lipinski definition) is 4. The molecule has 2 rings (SSSR count). The average Bonchev–Trinajstić information content (AvgIpc) is 2.88. The van der Waals surface area contributed by atoms with E-state index in [1.54, 1.807) is 10.4 Å². The lowest BCUT2D eigenvalue weighted by Gasteiger charge is -2.33. The number of amides is 3. The molecule has 1 aliphatic heterocycles. The summed E-state index contributed by atoms with van der Waals surface area (Å²) >= 11 is 0. The van der Waals surface area contributed by atoms with Crippen LogP contribution in [0.15, 0.2) is 29.2 Å². The van der Waals surface area contributed by atoms with E-state index in [0.717, 1.165) is 4.31 Å². The second-order valence-corrected chi connectivity index (χ2v) is 10.6. The highest BCUT2D eigenvalue weighted by molar-refractivity contribution is 7.89. The van der Waals surface area contributed by atoms with Gasteiger partial charge in [-0.1, -0.05) is 19.8 Å². The highest BCUT2D eigenvalue weighted by atomic mass is 32.2. The van der Waals surface area contributed by atoms with Crippen LogP contribution in [0.1, 0.15) is 45.4 Å². The molecular weight excluding hydrogens is 492 g/mol. The van der Waals surface area contributed by atoms with Crippen molar-refractivity contribution in [3.63, 3.8) is 0 Å². The summed E-state index contributed by atoms with van der Waals surface area (Å²) in [6.45, 7) is 2.85. The predicted octanol–water partition coefficient (Wildman–Crippen LogP) is 1.65. The Balaban J connectivity index is 2.18. The lowest BCUT2D eigenvalue weighted by Crippen LogP contribution is -2.50. The Morgan fingerprint density at radius 3 is 2.36 bits per heavy atom. The fraction of sp³-hybridized carbons (Fsp3) is 0.609. The van der Waals surface area contributed by atoms with Crippen LogP contribution in [0, 0.1) is 5.92 Å². The second-order valence-electron chi connectivity index (χ2n) is 8.69. The number of hydroxylamine groups is 1. The fourth-order valence-corrected chi connectivity index (χ4v) is 5.81. The fourth-order valence-electron chi connectivity index (χ4n) is 4.19. The SMILES string of the molecule is CCCCC(C(=O)NO)N(CCC(=O)N1CCC(CNC(=O)O)CC1)S(=O)(=O)c1ccc(OC)cc1. The topological polar surface area (TPSA) is 166 Å². The van der Waals surface area contributed by atoms with Gasteiger partial charge in [0.15, 0.2) is 0 Å². The quantitative estimate of drug-likeness (QED) is 0.222. The number of hydrogen-bond acceptors (Lipinski definition) is 7. The maximum absolute atomic E-state index is 13.6. The molecule has 0 saturated carbocycles. The zero-order valence-corrected chi connectivity index (χ0v) is 21.5. The first kappa shape index (κ1) is 29.3. The molecule has 0 aromatic heterocycles. The minimum atomic E-state index is -4.19. The van der Waals surface area contributed by atoms with Crippen molar-refractivity contribution in [2.24, 2.45) is 5.92 Å². The number of unbranched alkanes of at least 4 members (excludes halogenated alkanes) is 1. The minimum absolute atomic E-state index is 0.0604. The Kier molecular flexibility index (Phi) is 11.4. The minimum Gasteiger partial charge on any atom is -0.497 e. The number of benzene rings is 1. The first-order valence-corrected chi connectivity index (χ1v) is 13.4. The van der Waals surface area contributed by atoms with Crippen LogP contribution < -0.4 is 15.5 Å². The zero-order valence-electron chi connectivity index (χ0n) is 20.7. The molecule has 1 aliphatic rings. The Hall–Kier alpha value is -2.90. The molecule has 4 N–H and O–H groups in total. The van der Waals surface area contributed by atoms with E-state index in [2.05, 4.69) is 5.32 Å². The first-order chi connectivity index (χ1) is 17.1. The average molecular weight is 529 g/mol. The first-order valence-electron chi connectivity index (χ1n) is 12.0. The zero-order chi connectivity index (χ0) is 26.7. The maximum Gasteiger partial charge on any atom is 0.404 e. The molecule has 0 bridgehead atoms. The molecule has 0 radical (unpaired) electrons. The van der Waals surface area contributed by atoms with Gasteiger partial charge in [-0.2, -0.15) is 4.31 Å². The smallest absolute Gasteiger partial charge is 0.404 e. The van der Waals surface area contributed by atoms with E-state index in [9.17, 15) is 28.0 Å². The number of carbonyl (C=O) groups excluding carboxylic acids is 2. The number of carboxylic acid groups (broad SMARTS) is 1. The van der Waals surface area contributed by atoms with Crippen molar-refractivity contribution in [3.05, 3.63) is 24.3 Å². The van der Waals surface area contributed by atoms with Crippen molar-refractivity contribution in [2.75, 3.05) is 33.3 Å². The standard InChI is InChI=1S/C23H36N4O8S/c1-3-4-5-20(22(29)25-32)27(36(33,34)19-8-6-18(35-2)7-9-19)15-12-21(28)26-13-10-17(11-14-26)16-24-23(30)31/h6-9,17,20,24,32H,3-5,10-16H2,1-2H3,(H,25,29)(H,30,31). The van der Waals surface area contributed by atoms with Gasteiger partial charge in [0.2, 0.25) is 15.9 Å². The van der Waals surface area contributed by atoms with Crippen LogP contribution in [0.4, 0.5) is 4.79 Å². The Morgan fingerprint density at radius 2 is 1.83 bits per heavy atom. The van der Waals surface area contributed by atoms with Crippen LogP contribution in [0.2, 0.25) is 0 Å². The number of ether oxygens (including phenoxy) is 1. The van der Waals surface area contributed by atoms with Gasteiger partial charge >= 0.3 is 6.09 Å². The molecule has 1 unspecified atom stereocenters. The second kappa shape index (κ2) is 14.0. The molecule has 36 heavy (non-hydrogen) atoms. The molecular formula is C23H36N4O8S. The van der Waals surface area contributed by atoms with Gasteiger partial charge in [0, 0.05) is 32.6 Å². The van der Waals surface area contributed by atoms with E-state index in [4.69, 9.17) is 9.84 Å². The maximum atomic E-state index is 13.6. The summed E-state index contributed by atoms with van der Waals surface area (Å²) in [5.74, 6) is -0.523. The number of likely N-dealkylation sites (tertiary alicyclic amines) is 1. The normalized spacial score (nSPS) is 15.4. The molecule has 1 heterocycles. The van der Waals surface area contributed by atoms with Crippen LogP contribution in [-0.2, 0) is 19.6 Å². The van der Waals surface area contributed by atoms with E-state index in [0.29, 0.717) is 51.1 Å². The van der Waals surface area contributed by atoms with Crippen molar-refractivity contribution in [1.82, 2.24) is 20.0 Å². The third kappa shape index (κ3) is 8.07. The van der Waals surface area contributed by atoms with Crippen LogP contribution in [-0.4, -0.2) is 85.2 Å². The molecule has 0 spiro atoms. The monoisotopic (exact) mass is 528 g/mol. The van der Waals surface area contributed by atoms with E-state index < -0.39 is 28.1 Å². The van der Waals surface area contributed by atoms with Crippen LogP contribution >= 0.6 is 0 Å². The molecule has 0 aliphatic carbocycles. The summed E-state index contributed by atoms with van der Waals surface area (Å²) in [6, 6.07) is 4.53.